The number of benzene rings is 1. The SMILES string of the molecule is OC(CNC1CC1c1ccccc1)COC1CCCC1. The van der Waals surface area contributed by atoms with Gasteiger partial charge in [0.25, 0.3) is 0 Å². The maximum atomic E-state index is 9.96. The summed E-state index contributed by atoms with van der Waals surface area (Å²) in [6.45, 7) is 1.11. The quantitative estimate of drug-likeness (QED) is 0.803. The highest BCUT2D eigenvalue weighted by molar-refractivity contribution is 5.27. The van der Waals surface area contributed by atoms with Crippen molar-refractivity contribution in [2.45, 2.75) is 56.3 Å². The second-order valence-electron chi connectivity index (χ2n) is 6.16. The molecule has 3 atom stereocenters. The minimum absolute atomic E-state index is 0.382. The molecule has 2 fully saturated rings. The summed E-state index contributed by atoms with van der Waals surface area (Å²) in [7, 11) is 0. The summed E-state index contributed by atoms with van der Waals surface area (Å²) in [5.74, 6) is 0.624. The zero-order valence-corrected chi connectivity index (χ0v) is 12.0. The topological polar surface area (TPSA) is 41.5 Å². The molecule has 2 aliphatic rings. The lowest BCUT2D eigenvalue weighted by atomic mass is 10.1. The number of nitrogens with one attached hydrogen (secondary N) is 1. The van der Waals surface area contributed by atoms with Gasteiger partial charge in [-0.2, -0.15) is 0 Å². The van der Waals surface area contributed by atoms with E-state index in [-0.39, 0.29) is 6.10 Å². The number of aliphatic hydroxyl groups excluding tert-OH is 1. The van der Waals surface area contributed by atoms with Crippen molar-refractivity contribution in [2.24, 2.45) is 0 Å². The van der Waals surface area contributed by atoms with E-state index < -0.39 is 0 Å². The van der Waals surface area contributed by atoms with E-state index >= 15 is 0 Å². The van der Waals surface area contributed by atoms with Crippen molar-refractivity contribution in [1.82, 2.24) is 5.32 Å². The Bertz CT molecular complexity index is 403. The molecule has 20 heavy (non-hydrogen) atoms. The third-order valence-electron chi connectivity index (χ3n) is 4.46. The number of ether oxygens (including phenoxy) is 1. The fourth-order valence-corrected chi connectivity index (χ4v) is 3.14. The van der Waals surface area contributed by atoms with Crippen LogP contribution in [0.1, 0.15) is 43.6 Å². The van der Waals surface area contributed by atoms with E-state index in [9.17, 15) is 5.11 Å². The Morgan fingerprint density at radius 1 is 1.20 bits per heavy atom. The molecule has 3 unspecified atom stereocenters. The fourth-order valence-electron chi connectivity index (χ4n) is 3.14. The molecule has 0 radical (unpaired) electrons. The predicted octanol–water partition coefficient (Wildman–Crippen LogP) is 2.45. The largest absolute Gasteiger partial charge is 0.389 e. The molecular formula is C17H25NO2. The number of hydrogen-bond donors (Lipinski definition) is 2. The molecule has 110 valence electrons. The van der Waals surface area contributed by atoms with Gasteiger partial charge in [0.1, 0.15) is 0 Å². The van der Waals surface area contributed by atoms with E-state index in [2.05, 4.69) is 35.6 Å². The minimum atomic E-state index is -0.382. The number of rotatable bonds is 7. The monoisotopic (exact) mass is 275 g/mol. The first kappa shape index (κ1) is 14.1. The highest BCUT2D eigenvalue weighted by Crippen LogP contribution is 2.40. The van der Waals surface area contributed by atoms with Crippen LogP contribution in [0.4, 0.5) is 0 Å². The van der Waals surface area contributed by atoms with Gasteiger partial charge in [0.15, 0.2) is 0 Å². The van der Waals surface area contributed by atoms with Crippen molar-refractivity contribution >= 4 is 0 Å². The second-order valence-corrected chi connectivity index (χ2v) is 6.16. The summed E-state index contributed by atoms with van der Waals surface area (Å²) in [6, 6.07) is 11.1. The van der Waals surface area contributed by atoms with Crippen LogP contribution in [0.25, 0.3) is 0 Å². The fraction of sp³-hybridized carbons (Fsp3) is 0.647. The van der Waals surface area contributed by atoms with Gasteiger partial charge in [0.05, 0.1) is 18.8 Å². The highest BCUT2D eigenvalue weighted by atomic mass is 16.5. The molecule has 0 aromatic heterocycles. The molecule has 3 nitrogen and oxygen atoms in total. The van der Waals surface area contributed by atoms with E-state index in [1.54, 1.807) is 0 Å². The molecule has 0 saturated heterocycles. The lowest BCUT2D eigenvalue weighted by Gasteiger charge is -2.16. The Morgan fingerprint density at radius 3 is 2.70 bits per heavy atom. The first-order valence-corrected chi connectivity index (χ1v) is 7.91. The molecule has 2 N–H and O–H groups in total. The molecule has 1 aromatic carbocycles. The average Bonchev–Trinajstić information content (AvgIpc) is 3.08. The van der Waals surface area contributed by atoms with Gasteiger partial charge in [-0.15, -0.1) is 0 Å². The smallest absolute Gasteiger partial charge is 0.0897 e. The van der Waals surface area contributed by atoms with E-state index in [0.717, 1.165) is 0 Å². The summed E-state index contributed by atoms with van der Waals surface area (Å²) in [5.41, 5.74) is 1.40. The van der Waals surface area contributed by atoms with Crippen LogP contribution in [0.15, 0.2) is 30.3 Å². The lowest BCUT2D eigenvalue weighted by Crippen LogP contribution is -2.33. The van der Waals surface area contributed by atoms with Crippen LogP contribution in [0.5, 0.6) is 0 Å². The normalized spacial score (nSPS) is 27.6. The van der Waals surface area contributed by atoms with Crippen molar-refractivity contribution in [1.29, 1.82) is 0 Å². The molecule has 0 heterocycles. The Labute approximate surface area is 121 Å². The summed E-state index contributed by atoms with van der Waals surface area (Å²) < 4.78 is 5.74. The molecular weight excluding hydrogens is 250 g/mol. The molecule has 0 aliphatic heterocycles. The average molecular weight is 275 g/mol. The van der Waals surface area contributed by atoms with Crippen molar-refractivity contribution in [3.63, 3.8) is 0 Å². The Hall–Kier alpha value is -0.900. The van der Waals surface area contributed by atoms with Crippen molar-refractivity contribution in [3.8, 4) is 0 Å². The summed E-state index contributed by atoms with van der Waals surface area (Å²) in [5, 5.41) is 13.4. The third-order valence-corrected chi connectivity index (χ3v) is 4.46. The molecule has 3 rings (SSSR count). The standard InChI is InChI=1S/C17H25NO2/c19-14(12-20-15-8-4-5-9-15)11-18-17-10-16(17)13-6-2-1-3-7-13/h1-3,6-7,14-19H,4-5,8-12H2. The van der Waals surface area contributed by atoms with Gasteiger partial charge in [0, 0.05) is 18.5 Å². The lowest BCUT2D eigenvalue weighted by molar-refractivity contribution is -0.00554. The zero-order valence-electron chi connectivity index (χ0n) is 12.0. The van der Waals surface area contributed by atoms with Crippen LogP contribution in [0.3, 0.4) is 0 Å². The number of aliphatic hydroxyl groups is 1. The van der Waals surface area contributed by atoms with Gasteiger partial charge in [0.2, 0.25) is 0 Å². The molecule has 2 aliphatic carbocycles. The third kappa shape index (κ3) is 3.81. The van der Waals surface area contributed by atoms with Crippen molar-refractivity contribution < 1.29 is 9.84 Å². The first-order valence-electron chi connectivity index (χ1n) is 7.91. The van der Waals surface area contributed by atoms with Crippen molar-refractivity contribution in [3.05, 3.63) is 35.9 Å². The maximum absolute atomic E-state index is 9.96. The number of hydrogen-bond acceptors (Lipinski definition) is 3. The Morgan fingerprint density at radius 2 is 1.95 bits per heavy atom. The first-order chi connectivity index (χ1) is 9.83. The molecule has 2 saturated carbocycles. The van der Waals surface area contributed by atoms with E-state index in [4.69, 9.17) is 4.74 Å². The maximum Gasteiger partial charge on any atom is 0.0897 e. The Balaban J connectivity index is 1.32. The van der Waals surface area contributed by atoms with Crippen LogP contribution in [-0.4, -0.2) is 36.5 Å². The van der Waals surface area contributed by atoms with Gasteiger partial charge in [-0.3, -0.25) is 0 Å². The van der Waals surface area contributed by atoms with Crippen LogP contribution >= 0.6 is 0 Å². The van der Waals surface area contributed by atoms with Gasteiger partial charge in [-0.05, 0) is 24.8 Å². The molecule has 0 amide bonds. The minimum Gasteiger partial charge on any atom is -0.389 e. The van der Waals surface area contributed by atoms with Crippen LogP contribution in [-0.2, 0) is 4.74 Å². The molecule has 1 aromatic rings. The highest BCUT2D eigenvalue weighted by Gasteiger charge is 2.37. The summed E-state index contributed by atoms with van der Waals surface area (Å²) in [4.78, 5) is 0. The van der Waals surface area contributed by atoms with E-state index in [1.807, 2.05) is 0 Å². The molecule has 0 bridgehead atoms. The molecule has 0 spiro atoms. The van der Waals surface area contributed by atoms with Gasteiger partial charge in [-0.25, -0.2) is 0 Å². The second kappa shape index (κ2) is 6.70. The predicted molar refractivity (Wildman–Crippen MR) is 79.8 cm³/mol. The van der Waals surface area contributed by atoms with Gasteiger partial charge < -0.3 is 15.2 Å². The summed E-state index contributed by atoms with van der Waals surface area (Å²) >= 11 is 0. The van der Waals surface area contributed by atoms with Gasteiger partial charge in [-0.1, -0.05) is 43.2 Å². The van der Waals surface area contributed by atoms with E-state index in [1.165, 1.54) is 37.7 Å². The van der Waals surface area contributed by atoms with Crippen LogP contribution < -0.4 is 5.32 Å². The van der Waals surface area contributed by atoms with E-state index in [0.29, 0.717) is 31.2 Å². The van der Waals surface area contributed by atoms with Gasteiger partial charge >= 0.3 is 0 Å². The Kier molecular flexibility index (Phi) is 4.71. The molecule has 3 heteroatoms. The van der Waals surface area contributed by atoms with Crippen molar-refractivity contribution in [2.75, 3.05) is 13.2 Å². The van der Waals surface area contributed by atoms with Crippen LogP contribution in [0.2, 0.25) is 0 Å². The summed E-state index contributed by atoms with van der Waals surface area (Å²) in [6.07, 6.45) is 6.08. The van der Waals surface area contributed by atoms with Crippen LogP contribution in [0, 0.1) is 0 Å². The zero-order chi connectivity index (χ0) is 13.8.